The Morgan fingerprint density at radius 3 is 2.80 bits per heavy atom. The summed E-state index contributed by atoms with van der Waals surface area (Å²) < 4.78 is 0. The quantitative estimate of drug-likeness (QED) is 0.538. The molecule has 0 radical (unpaired) electrons. The van der Waals surface area contributed by atoms with E-state index < -0.39 is 0 Å². The van der Waals surface area contributed by atoms with Crippen molar-refractivity contribution in [3.05, 3.63) is 0 Å². The molecule has 0 bridgehead atoms. The Kier molecular flexibility index (Phi) is 2.25. The zero-order valence-electron chi connectivity index (χ0n) is 6.25. The van der Waals surface area contributed by atoms with Gasteiger partial charge in [0, 0.05) is 12.6 Å². The molecule has 1 aliphatic heterocycles. The number of hydrogen-bond donors (Lipinski definition) is 1. The molecule has 1 aliphatic rings. The molecule has 1 heterocycles. The first-order valence-corrected chi connectivity index (χ1v) is 3.69. The molecular formula is C7H13N3. The Labute approximate surface area is 61.4 Å². The number of nitriles is 1. The molecule has 0 aromatic heterocycles. The number of nitrogens with zero attached hydrogens (tertiary/aromatic N) is 2. The first kappa shape index (κ1) is 7.52. The van der Waals surface area contributed by atoms with E-state index in [0.717, 1.165) is 19.4 Å². The summed E-state index contributed by atoms with van der Waals surface area (Å²) in [6, 6.07) is 2.67. The van der Waals surface area contributed by atoms with Crippen LogP contribution in [0.15, 0.2) is 0 Å². The molecule has 0 aromatic rings. The van der Waals surface area contributed by atoms with Gasteiger partial charge in [0.1, 0.15) is 0 Å². The van der Waals surface area contributed by atoms with Gasteiger partial charge in [-0.2, -0.15) is 5.26 Å². The van der Waals surface area contributed by atoms with Crippen LogP contribution in [-0.4, -0.2) is 17.6 Å². The lowest BCUT2D eigenvalue weighted by Crippen LogP contribution is -2.35. The van der Waals surface area contributed by atoms with Crippen LogP contribution in [0.4, 0.5) is 0 Å². The van der Waals surface area contributed by atoms with Gasteiger partial charge in [0.15, 0.2) is 0 Å². The van der Waals surface area contributed by atoms with E-state index in [1.165, 1.54) is 0 Å². The second-order valence-electron chi connectivity index (χ2n) is 2.82. The normalized spacial score (nSPS) is 34.1. The summed E-state index contributed by atoms with van der Waals surface area (Å²) in [5, 5.41) is 10.4. The van der Waals surface area contributed by atoms with Gasteiger partial charge < -0.3 is 0 Å². The predicted molar refractivity (Wildman–Crippen MR) is 38.7 cm³/mol. The van der Waals surface area contributed by atoms with Crippen LogP contribution in [0, 0.1) is 17.2 Å². The van der Waals surface area contributed by atoms with E-state index in [1.54, 1.807) is 5.01 Å². The van der Waals surface area contributed by atoms with E-state index in [-0.39, 0.29) is 5.92 Å². The van der Waals surface area contributed by atoms with Gasteiger partial charge in [-0.1, -0.05) is 6.92 Å². The Bertz CT molecular complexity index is 149. The third-order valence-electron chi connectivity index (χ3n) is 2.11. The fourth-order valence-corrected chi connectivity index (χ4v) is 1.44. The molecule has 0 spiro atoms. The van der Waals surface area contributed by atoms with E-state index in [0.29, 0.717) is 6.04 Å². The van der Waals surface area contributed by atoms with Crippen molar-refractivity contribution in [1.82, 2.24) is 5.01 Å². The highest BCUT2D eigenvalue weighted by atomic mass is 15.4. The zero-order chi connectivity index (χ0) is 7.56. The highest BCUT2D eigenvalue weighted by molar-refractivity contribution is 4.93. The molecule has 3 nitrogen and oxygen atoms in total. The number of nitrogens with two attached hydrogens (primary N) is 1. The maximum Gasteiger partial charge on any atom is 0.0670 e. The van der Waals surface area contributed by atoms with Crippen LogP contribution in [0.3, 0.4) is 0 Å². The first-order chi connectivity index (χ1) is 4.77. The standard InChI is InChI=1S/C7H13N3/c1-2-7-3-6(4-8)5-10(7)9/h6-7H,2-3,5,9H2,1H3/t6-,7-/m1/s1. The Balaban J connectivity index is 2.46. The Hall–Kier alpha value is -0.590. The van der Waals surface area contributed by atoms with Gasteiger partial charge in [-0.25, -0.2) is 5.01 Å². The second-order valence-corrected chi connectivity index (χ2v) is 2.82. The van der Waals surface area contributed by atoms with Crippen LogP contribution < -0.4 is 5.84 Å². The Morgan fingerprint density at radius 1 is 1.80 bits per heavy atom. The van der Waals surface area contributed by atoms with Gasteiger partial charge in [-0.3, -0.25) is 5.84 Å². The molecule has 1 fully saturated rings. The summed E-state index contributed by atoms with van der Waals surface area (Å²) in [5.74, 6) is 5.80. The van der Waals surface area contributed by atoms with Gasteiger partial charge >= 0.3 is 0 Å². The zero-order valence-corrected chi connectivity index (χ0v) is 6.25. The maximum atomic E-state index is 8.56. The minimum absolute atomic E-state index is 0.162. The first-order valence-electron chi connectivity index (χ1n) is 3.69. The number of hydrazine groups is 1. The van der Waals surface area contributed by atoms with Crippen LogP contribution >= 0.6 is 0 Å². The van der Waals surface area contributed by atoms with Crippen LogP contribution in [0.2, 0.25) is 0 Å². The van der Waals surface area contributed by atoms with Crippen molar-refractivity contribution in [2.75, 3.05) is 6.54 Å². The van der Waals surface area contributed by atoms with Gasteiger partial charge in [-0.05, 0) is 12.8 Å². The summed E-state index contributed by atoms with van der Waals surface area (Å²) in [5.41, 5.74) is 0. The van der Waals surface area contributed by atoms with E-state index in [2.05, 4.69) is 13.0 Å². The number of hydrogen-bond acceptors (Lipinski definition) is 3. The largest absolute Gasteiger partial charge is 0.268 e. The molecule has 0 unspecified atom stereocenters. The molecule has 1 saturated heterocycles. The van der Waals surface area contributed by atoms with E-state index in [9.17, 15) is 0 Å². The maximum absolute atomic E-state index is 8.56. The molecule has 10 heavy (non-hydrogen) atoms. The van der Waals surface area contributed by atoms with Crippen LogP contribution in [0.1, 0.15) is 19.8 Å². The van der Waals surface area contributed by atoms with Crippen molar-refractivity contribution in [1.29, 1.82) is 5.26 Å². The molecule has 2 atom stereocenters. The van der Waals surface area contributed by atoms with Gasteiger partial charge in [0.05, 0.1) is 12.0 Å². The van der Waals surface area contributed by atoms with E-state index in [4.69, 9.17) is 11.1 Å². The van der Waals surface area contributed by atoms with Crippen molar-refractivity contribution in [2.24, 2.45) is 11.8 Å². The smallest absolute Gasteiger partial charge is 0.0670 e. The molecule has 2 N–H and O–H groups in total. The topological polar surface area (TPSA) is 53.0 Å². The van der Waals surface area contributed by atoms with Crippen molar-refractivity contribution >= 4 is 0 Å². The molecule has 3 heteroatoms. The van der Waals surface area contributed by atoms with E-state index in [1.807, 2.05) is 0 Å². The third kappa shape index (κ3) is 1.28. The Morgan fingerprint density at radius 2 is 2.50 bits per heavy atom. The minimum atomic E-state index is 0.162. The van der Waals surface area contributed by atoms with Crippen molar-refractivity contribution < 1.29 is 0 Å². The highest BCUT2D eigenvalue weighted by Gasteiger charge is 2.28. The predicted octanol–water partition coefficient (Wildman–Crippen LogP) is 0.484. The summed E-state index contributed by atoms with van der Waals surface area (Å²) >= 11 is 0. The molecular weight excluding hydrogens is 126 g/mol. The van der Waals surface area contributed by atoms with Crippen LogP contribution in [0.5, 0.6) is 0 Å². The van der Waals surface area contributed by atoms with Crippen molar-refractivity contribution in [2.45, 2.75) is 25.8 Å². The van der Waals surface area contributed by atoms with Crippen molar-refractivity contribution in [3.8, 4) is 6.07 Å². The fraction of sp³-hybridized carbons (Fsp3) is 0.857. The van der Waals surface area contributed by atoms with E-state index >= 15 is 0 Å². The lowest BCUT2D eigenvalue weighted by Gasteiger charge is -2.15. The van der Waals surface area contributed by atoms with Crippen LogP contribution in [0.25, 0.3) is 0 Å². The SMILES string of the molecule is CC[C@@H]1C[C@H](C#N)CN1N. The average molecular weight is 139 g/mol. The molecule has 0 saturated carbocycles. The lowest BCUT2D eigenvalue weighted by atomic mass is 10.1. The monoisotopic (exact) mass is 139 g/mol. The lowest BCUT2D eigenvalue weighted by molar-refractivity contribution is 0.255. The third-order valence-corrected chi connectivity index (χ3v) is 2.11. The summed E-state index contributed by atoms with van der Waals surface area (Å²) in [6.45, 7) is 2.85. The van der Waals surface area contributed by atoms with Crippen LogP contribution in [-0.2, 0) is 0 Å². The summed E-state index contributed by atoms with van der Waals surface area (Å²) in [7, 11) is 0. The average Bonchev–Trinajstić information content (AvgIpc) is 2.30. The van der Waals surface area contributed by atoms with Gasteiger partial charge in [0.25, 0.3) is 0 Å². The van der Waals surface area contributed by atoms with Gasteiger partial charge in [-0.15, -0.1) is 0 Å². The van der Waals surface area contributed by atoms with Crippen molar-refractivity contribution in [3.63, 3.8) is 0 Å². The second kappa shape index (κ2) is 3.00. The molecule has 1 rings (SSSR count). The molecule has 0 amide bonds. The summed E-state index contributed by atoms with van der Waals surface area (Å²) in [4.78, 5) is 0. The van der Waals surface area contributed by atoms with Gasteiger partial charge in [0.2, 0.25) is 0 Å². The minimum Gasteiger partial charge on any atom is -0.268 e. The fourth-order valence-electron chi connectivity index (χ4n) is 1.44. The highest BCUT2D eigenvalue weighted by Crippen LogP contribution is 2.21. The molecule has 56 valence electrons. The number of rotatable bonds is 1. The molecule has 0 aliphatic carbocycles. The molecule has 0 aromatic carbocycles. The summed E-state index contributed by atoms with van der Waals surface area (Å²) in [6.07, 6.45) is 2.00.